The van der Waals surface area contributed by atoms with E-state index in [1.165, 1.54) is 28.0 Å². The van der Waals surface area contributed by atoms with Crippen LogP contribution in [-0.2, 0) is 9.59 Å². The number of carbonyl (C=O) groups excluding carboxylic acids is 2. The molecular formula is C15H16N3NaO4S2. The fraction of sp³-hybridized carbons (Fsp3) is 0.467. The fourth-order valence-electron chi connectivity index (χ4n) is 3.15. The van der Waals surface area contributed by atoms with Crippen molar-refractivity contribution in [2.24, 2.45) is 5.92 Å². The Morgan fingerprint density at radius 1 is 1.44 bits per heavy atom. The molecule has 1 aromatic heterocycles. The standard InChI is InChI=1S/C15H17N3O4S2.Na/c1-6(4-19)10-11-7(2)9(5-23-15-17-16-8(3)24-15)12(14(21)22)18(11)13(10)20;/h7,11,19H,4-5H2,1-3H3,(H,21,22);/q;+1/p-1/b10-6+;/t7-,11+;/m0./s1. The first-order chi connectivity index (χ1) is 11.4. The van der Waals surface area contributed by atoms with Crippen molar-refractivity contribution in [3.63, 3.8) is 0 Å². The molecule has 0 aromatic carbocycles. The smallest absolute Gasteiger partial charge is 0.543 e. The second-order valence-corrected chi connectivity index (χ2v) is 8.20. The van der Waals surface area contributed by atoms with Crippen LogP contribution < -0.4 is 34.7 Å². The number of aliphatic hydroxyl groups is 1. The number of carboxylic acids is 1. The number of hydrogen-bond acceptors (Lipinski definition) is 8. The summed E-state index contributed by atoms with van der Waals surface area (Å²) in [7, 11) is 0. The first-order valence-electron chi connectivity index (χ1n) is 7.38. The number of hydrogen-bond donors (Lipinski definition) is 1. The summed E-state index contributed by atoms with van der Waals surface area (Å²) >= 11 is 2.85. The Hall–Kier alpha value is -0.710. The van der Waals surface area contributed by atoms with Crippen LogP contribution in [0, 0.1) is 12.8 Å². The second kappa shape index (κ2) is 7.89. The number of carbonyl (C=O) groups is 2. The molecule has 1 N–H and O–H groups in total. The SMILES string of the molecule is C/C(CO)=C1\C(=O)N2C(C(=O)[O-])=C(CSc3nnc(C)s3)[C@H](C)[C@H]12.[Na+]. The van der Waals surface area contributed by atoms with Gasteiger partial charge in [0, 0.05) is 17.2 Å². The van der Waals surface area contributed by atoms with Gasteiger partial charge in [0.05, 0.1) is 24.3 Å². The summed E-state index contributed by atoms with van der Waals surface area (Å²) in [5, 5.41) is 29.7. The first kappa shape index (κ1) is 20.6. The largest absolute Gasteiger partial charge is 1.00 e. The predicted molar refractivity (Wildman–Crippen MR) is 87.0 cm³/mol. The van der Waals surface area contributed by atoms with Gasteiger partial charge in [-0.2, -0.15) is 0 Å². The molecule has 1 aromatic rings. The van der Waals surface area contributed by atoms with Crippen molar-refractivity contribution in [1.82, 2.24) is 15.1 Å². The average Bonchev–Trinajstić information content (AvgIpc) is 3.05. The molecule has 1 saturated heterocycles. The van der Waals surface area contributed by atoms with Gasteiger partial charge >= 0.3 is 29.6 Å². The Balaban J connectivity index is 0.00000225. The van der Waals surface area contributed by atoms with E-state index in [2.05, 4.69) is 10.2 Å². The van der Waals surface area contributed by atoms with Gasteiger partial charge in [-0.3, -0.25) is 9.69 Å². The number of β-lactam (4-membered cyclic amide) rings is 1. The first-order valence-corrected chi connectivity index (χ1v) is 9.18. The number of fused-ring (bicyclic) bond motifs is 1. The van der Waals surface area contributed by atoms with Gasteiger partial charge in [-0.05, 0) is 25.0 Å². The molecule has 0 saturated carbocycles. The molecule has 1 fully saturated rings. The Kier molecular flexibility index (Phi) is 6.50. The maximum absolute atomic E-state index is 12.3. The van der Waals surface area contributed by atoms with Crippen molar-refractivity contribution < 1.29 is 49.4 Å². The van der Waals surface area contributed by atoms with Crippen LogP contribution in [0.3, 0.4) is 0 Å². The third-order valence-corrected chi connectivity index (χ3v) is 6.36. The third-order valence-electron chi connectivity index (χ3n) is 4.34. The molecule has 0 bridgehead atoms. The summed E-state index contributed by atoms with van der Waals surface area (Å²) < 4.78 is 0.757. The van der Waals surface area contributed by atoms with Gasteiger partial charge in [0.25, 0.3) is 5.91 Å². The van der Waals surface area contributed by atoms with Gasteiger partial charge < -0.3 is 15.0 Å². The van der Waals surface area contributed by atoms with E-state index in [4.69, 9.17) is 0 Å². The van der Waals surface area contributed by atoms with Gasteiger partial charge in [0.2, 0.25) is 0 Å². The van der Waals surface area contributed by atoms with Crippen LogP contribution in [0.25, 0.3) is 0 Å². The summed E-state index contributed by atoms with van der Waals surface area (Å²) in [5.74, 6) is -1.44. The van der Waals surface area contributed by atoms with Gasteiger partial charge in [0.15, 0.2) is 4.34 Å². The molecule has 10 heteroatoms. The van der Waals surface area contributed by atoms with E-state index in [-0.39, 0.29) is 59.7 Å². The van der Waals surface area contributed by atoms with Gasteiger partial charge in [-0.1, -0.05) is 30.0 Å². The van der Waals surface area contributed by atoms with E-state index in [9.17, 15) is 19.8 Å². The van der Waals surface area contributed by atoms with Crippen LogP contribution in [0.1, 0.15) is 18.9 Å². The minimum absolute atomic E-state index is 0. The molecule has 1 amide bonds. The van der Waals surface area contributed by atoms with Crippen molar-refractivity contribution in [2.75, 3.05) is 12.4 Å². The van der Waals surface area contributed by atoms with Crippen molar-refractivity contribution in [3.05, 3.63) is 27.4 Å². The number of aryl methyl sites for hydroxylation is 1. The van der Waals surface area contributed by atoms with Gasteiger partial charge in [-0.15, -0.1) is 10.2 Å². The zero-order chi connectivity index (χ0) is 17.6. The summed E-state index contributed by atoms with van der Waals surface area (Å²) in [6.07, 6.45) is 0. The number of rotatable bonds is 5. The van der Waals surface area contributed by atoms with Crippen LogP contribution >= 0.6 is 23.1 Å². The normalized spacial score (nSPS) is 24.0. The summed E-state index contributed by atoms with van der Waals surface area (Å²) in [5.41, 5.74) is 1.71. The van der Waals surface area contributed by atoms with Crippen molar-refractivity contribution in [2.45, 2.75) is 31.2 Å². The monoisotopic (exact) mass is 389 g/mol. The molecule has 2 aliphatic rings. The van der Waals surface area contributed by atoms with Crippen LogP contribution in [0.5, 0.6) is 0 Å². The Bertz CT molecular complexity index is 789. The van der Waals surface area contributed by atoms with E-state index in [1.54, 1.807) is 6.92 Å². The number of nitrogens with zero attached hydrogens (tertiary/aromatic N) is 3. The molecule has 0 radical (unpaired) electrons. The molecule has 0 aliphatic carbocycles. The molecule has 2 atom stereocenters. The Morgan fingerprint density at radius 3 is 2.64 bits per heavy atom. The molecule has 0 spiro atoms. The number of carboxylic acid groups (broad SMARTS) is 1. The Morgan fingerprint density at radius 2 is 2.12 bits per heavy atom. The fourth-order valence-corrected chi connectivity index (χ4v) is 5.11. The average molecular weight is 389 g/mol. The van der Waals surface area contributed by atoms with Gasteiger partial charge in [0.1, 0.15) is 5.01 Å². The van der Waals surface area contributed by atoms with E-state index in [0.29, 0.717) is 22.5 Å². The van der Waals surface area contributed by atoms with Crippen LogP contribution in [-0.4, -0.2) is 50.5 Å². The zero-order valence-electron chi connectivity index (χ0n) is 14.4. The summed E-state index contributed by atoms with van der Waals surface area (Å²) in [4.78, 5) is 25.2. The second-order valence-electron chi connectivity index (χ2n) is 5.80. The number of aliphatic hydroxyl groups excluding tert-OH is 1. The maximum atomic E-state index is 12.3. The number of thioether (sulfide) groups is 1. The third kappa shape index (κ3) is 3.45. The minimum atomic E-state index is -1.34. The minimum Gasteiger partial charge on any atom is -0.543 e. The van der Waals surface area contributed by atoms with E-state index in [1.807, 2.05) is 13.8 Å². The van der Waals surface area contributed by atoms with Crippen LogP contribution in [0.2, 0.25) is 0 Å². The van der Waals surface area contributed by atoms with E-state index >= 15 is 0 Å². The molecule has 7 nitrogen and oxygen atoms in total. The van der Waals surface area contributed by atoms with E-state index in [0.717, 1.165) is 9.35 Å². The molecule has 3 heterocycles. The zero-order valence-corrected chi connectivity index (χ0v) is 18.0. The Labute approximate surface area is 175 Å². The van der Waals surface area contributed by atoms with Crippen molar-refractivity contribution in [1.29, 1.82) is 0 Å². The molecule has 3 rings (SSSR count). The maximum Gasteiger partial charge on any atom is 1.00 e. The number of aliphatic carboxylic acids is 1. The number of amides is 1. The topological polar surface area (TPSA) is 106 Å². The van der Waals surface area contributed by atoms with Gasteiger partial charge in [-0.25, -0.2) is 0 Å². The van der Waals surface area contributed by atoms with Crippen LogP contribution in [0.4, 0.5) is 0 Å². The number of aromatic nitrogens is 2. The predicted octanol–water partition coefficient (Wildman–Crippen LogP) is -2.88. The molecule has 25 heavy (non-hydrogen) atoms. The summed E-state index contributed by atoms with van der Waals surface area (Å²) in [6, 6.07) is -0.329. The van der Waals surface area contributed by atoms with Crippen molar-refractivity contribution in [3.8, 4) is 0 Å². The molecule has 128 valence electrons. The quantitative estimate of drug-likeness (QED) is 0.249. The van der Waals surface area contributed by atoms with Crippen molar-refractivity contribution >= 4 is 35.0 Å². The van der Waals surface area contributed by atoms with Crippen LogP contribution in [0.15, 0.2) is 26.8 Å². The molecule has 0 unspecified atom stereocenters. The molecule has 2 aliphatic heterocycles. The molecular weight excluding hydrogens is 373 g/mol. The summed E-state index contributed by atoms with van der Waals surface area (Å²) in [6.45, 7) is 5.22. The van der Waals surface area contributed by atoms with E-state index < -0.39 is 5.97 Å².